The molecule has 5 nitrogen and oxygen atoms in total. The van der Waals surface area contributed by atoms with Gasteiger partial charge < -0.3 is 10.1 Å². The lowest BCUT2D eigenvalue weighted by atomic mass is 10.0. The number of aryl methyl sites for hydroxylation is 1. The molecule has 0 spiro atoms. The summed E-state index contributed by atoms with van der Waals surface area (Å²) < 4.78 is 7.19. The molecule has 3 aromatic rings. The Bertz CT molecular complexity index is 814. The maximum Gasteiger partial charge on any atom is 0.226 e. The van der Waals surface area contributed by atoms with Crippen molar-refractivity contribution in [2.75, 3.05) is 12.4 Å². The third-order valence-electron chi connectivity index (χ3n) is 3.93. The molecule has 3 rings (SSSR count). The van der Waals surface area contributed by atoms with E-state index in [9.17, 15) is 4.79 Å². The highest BCUT2D eigenvalue weighted by Crippen LogP contribution is 2.25. The molecule has 0 fully saturated rings. The van der Waals surface area contributed by atoms with E-state index in [1.165, 1.54) is 5.56 Å². The number of hydrogen-bond acceptors (Lipinski definition) is 3. The first-order valence-corrected chi connectivity index (χ1v) is 8.23. The van der Waals surface area contributed by atoms with Crippen LogP contribution < -0.4 is 10.1 Å². The van der Waals surface area contributed by atoms with Crippen LogP contribution in [0.2, 0.25) is 0 Å². The van der Waals surface area contributed by atoms with Crippen LogP contribution >= 0.6 is 0 Å². The summed E-state index contributed by atoms with van der Waals surface area (Å²) >= 11 is 0. The molecular weight excluding hydrogens is 314 g/mol. The molecule has 0 aliphatic rings. The molecular formula is C20H21N3O2. The minimum Gasteiger partial charge on any atom is -0.496 e. The first kappa shape index (κ1) is 16.8. The Hall–Kier alpha value is -3.08. The number of methoxy groups -OCH3 is 1. The van der Waals surface area contributed by atoms with E-state index >= 15 is 0 Å². The maximum absolute atomic E-state index is 12.1. The molecule has 128 valence electrons. The summed E-state index contributed by atoms with van der Waals surface area (Å²) in [7, 11) is 1.66. The highest BCUT2D eigenvalue weighted by Gasteiger charge is 2.08. The fourth-order valence-corrected chi connectivity index (χ4v) is 2.68. The van der Waals surface area contributed by atoms with Crippen molar-refractivity contribution in [3.8, 4) is 5.75 Å². The predicted molar refractivity (Wildman–Crippen MR) is 97.7 cm³/mol. The van der Waals surface area contributed by atoms with Gasteiger partial charge in [0.1, 0.15) is 5.75 Å². The van der Waals surface area contributed by atoms with Gasteiger partial charge in [-0.15, -0.1) is 0 Å². The maximum atomic E-state index is 12.1. The molecule has 0 saturated heterocycles. The van der Waals surface area contributed by atoms with Gasteiger partial charge in [0.2, 0.25) is 5.91 Å². The number of nitrogens with zero attached hydrogens (tertiary/aromatic N) is 2. The van der Waals surface area contributed by atoms with Crippen molar-refractivity contribution in [2.24, 2.45) is 0 Å². The molecule has 25 heavy (non-hydrogen) atoms. The van der Waals surface area contributed by atoms with E-state index in [0.717, 1.165) is 23.4 Å². The summed E-state index contributed by atoms with van der Waals surface area (Å²) in [6.45, 7) is 0.561. The highest BCUT2D eigenvalue weighted by atomic mass is 16.5. The average Bonchev–Trinajstić information content (AvgIpc) is 3.15. The highest BCUT2D eigenvalue weighted by molar-refractivity contribution is 5.90. The van der Waals surface area contributed by atoms with Gasteiger partial charge in [0.05, 0.1) is 7.11 Å². The number of aromatic nitrogens is 2. The van der Waals surface area contributed by atoms with Crippen molar-refractivity contribution in [1.29, 1.82) is 0 Å². The van der Waals surface area contributed by atoms with Gasteiger partial charge in [-0.2, -0.15) is 5.10 Å². The van der Waals surface area contributed by atoms with Crippen molar-refractivity contribution in [3.05, 3.63) is 78.1 Å². The van der Waals surface area contributed by atoms with Crippen LogP contribution in [-0.2, 0) is 17.8 Å². The zero-order valence-corrected chi connectivity index (χ0v) is 14.2. The van der Waals surface area contributed by atoms with Crippen molar-refractivity contribution in [1.82, 2.24) is 9.78 Å². The van der Waals surface area contributed by atoms with Crippen LogP contribution in [-0.4, -0.2) is 22.8 Å². The van der Waals surface area contributed by atoms with Gasteiger partial charge >= 0.3 is 0 Å². The molecule has 1 N–H and O–H groups in total. The monoisotopic (exact) mass is 335 g/mol. The van der Waals surface area contributed by atoms with E-state index in [1.807, 2.05) is 48.7 Å². The van der Waals surface area contributed by atoms with Gasteiger partial charge in [-0.3, -0.25) is 9.48 Å². The van der Waals surface area contributed by atoms with E-state index in [1.54, 1.807) is 18.0 Å². The number of benzene rings is 2. The average molecular weight is 335 g/mol. The van der Waals surface area contributed by atoms with Crippen LogP contribution in [0.4, 0.5) is 5.69 Å². The standard InChI is InChI=1S/C20H21N3O2/c1-25-19-9-8-18(15-17(19)14-16-6-3-2-4-7-16)22-20(24)10-13-23-12-5-11-21-23/h2-9,11-12,15H,10,13-14H2,1H3,(H,22,24). The van der Waals surface area contributed by atoms with Crippen LogP contribution in [0.25, 0.3) is 0 Å². The lowest BCUT2D eigenvalue weighted by Crippen LogP contribution is -2.15. The smallest absolute Gasteiger partial charge is 0.226 e. The topological polar surface area (TPSA) is 56.1 Å². The van der Waals surface area contributed by atoms with Gasteiger partial charge in [0.25, 0.3) is 0 Å². The molecule has 0 atom stereocenters. The molecule has 5 heteroatoms. The zero-order valence-electron chi connectivity index (χ0n) is 14.2. The fraction of sp³-hybridized carbons (Fsp3) is 0.200. The van der Waals surface area contributed by atoms with E-state index in [4.69, 9.17) is 4.74 Å². The lowest BCUT2D eigenvalue weighted by molar-refractivity contribution is -0.116. The van der Waals surface area contributed by atoms with E-state index < -0.39 is 0 Å². The van der Waals surface area contributed by atoms with Crippen molar-refractivity contribution >= 4 is 11.6 Å². The molecule has 0 bridgehead atoms. The largest absolute Gasteiger partial charge is 0.496 e. The molecule has 1 aromatic heterocycles. The van der Waals surface area contributed by atoms with E-state index in [-0.39, 0.29) is 5.91 Å². The normalized spacial score (nSPS) is 10.4. The number of nitrogens with one attached hydrogen (secondary N) is 1. The third kappa shape index (κ3) is 4.70. The van der Waals surface area contributed by atoms with Crippen LogP contribution in [0.15, 0.2) is 67.0 Å². The second-order valence-corrected chi connectivity index (χ2v) is 5.76. The number of anilines is 1. The molecule has 1 amide bonds. The Kier molecular flexibility index (Phi) is 5.46. The molecule has 0 aliphatic heterocycles. The molecule has 0 saturated carbocycles. The van der Waals surface area contributed by atoms with Crippen LogP contribution in [0.1, 0.15) is 17.5 Å². The predicted octanol–water partition coefficient (Wildman–Crippen LogP) is 3.51. The van der Waals surface area contributed by atoms with Gasteiger partial charge in [0, 0.05) is 43.0 Å². The van der Waals surface area contributed by atoms with Crippen molar-refractivity contribution < 1.29 is 9.53 Å². The first-order valence-electron chi connectivity index (χ1n) is 8.23. The van der Waals surface area contributed by atoms with Crippen LogP contribution in [0.3, 0.4) is 0 Å². The Morgan fingerprint density at radius 2 is 2.00 bits per heavy atom. The van der Waals surface area contributed by atoms with Crippen molar-refractivity contribution in [2.45, 2.75) is 19.4 Å². The summed E-state index contributed by atoms with van der Waals surface area (Å²) in [6.07, 6.45) is 4.68. The van der Waals surface area contributed by atoms with Gasteiger partial charge in [-0.25, -0.2) is 0 Å². The number of rotatable bonds is 7. The molecule has 0 aliphatic carbocycles. The number of carbonyl (C=O) groups is 1. The summed E-state index contributed by atoms with van der Waals surface area (Å²) in [5, 5.41) is 7.05. The summed E-state index contributed by atoms with van der Waals surface area (Å²) in [6, 6.07) is 17.8. The van der Waals surface area contributed by atoms with Gasteiger partial charge in [-0.1, -0.05) is 30.3 Å². The molecule has 0 unspecified atom stereocenters. The summed E-state index contributed by atoms with van der Waals surface area (Å²) in [4.78, 5) is 12.1. The number of amides is 1. The Labute approximate surface area is 147 Å². The lowest BCUT2D eigenvalue weighted by Gasteiger charge is -2.12. The Morgan fingerprint density at radius 3 is 2.72 bits per heavy atom. The summed E-state index contributed by atoms with van der Waals surface area (Å²) in [5.41, 5.74) is 3.01. The second-order valence-electron chi connectivity index (χ2n) is 5.76. The number of carbonyl (C=O) groups excluding carboxylic acids is 1. The third-order valence-corrected chi connectivity index (χ3v) is 3.93. The molecule has 1 heterocycles. The molecule has 2 aromatic carbocycles. The van der Waals surface area contributed by atoms with E-state index in [0.29, 0.717) is 13.0 Å². The quantitative estimate of drug-likeness (QED) is 0.719. The Morgan fingerprint density at radius 1 is 1.16 bits per heavy atom. The SMILES string of the molecule is COc1ccc(NC(=O)CCn2cccn2)cc1Cc1ccccc1. The van der Waals surface area contributed by atoms with Crippen LogP contribution in [0, 0.1) is 0 Å². The number of hydrogen-bond donors (Lipinski definition) is 1. The van der Waals surface area contributed by atoms with Crippen molar-refractivity contribution in [3.63, 3.8) is 0 Å². The Balaban J connectivity index is 1.67. The summed E-state index contributed by atoms with van der Waals surface area (Å²) in [5.74, 6) is 0.782. The molecule has 0 radical (unpaired) electrons. The van der Waals surface area contributed by atoms with Gasteiger partial charge in [-0.05, 0) is 29.8 Å². The zero-order chi connectivity index (χ0) is 17.5. The fourth-order valence-electron chi connectivity index (χ4n) is 2.68. The first-order chi connectivity index (χ1) is 12.2. The minimum atomic E-state index is -0.0358. The number of ether oxygens (including phenoxy) is 1. The van der Waals surface area contributed by atoms with Crippen LogP contribution in [0.5, 0.6) is 5.75 Å². The minimum absolute atomic E-state index is 0.0358. The second kappa shape index (κ2) is 8.15. The van der Waals surface area contributed by atoms with Gasteiger partial charge in [0.15, 0.2) is 0 Å². The van der Waals surface area contributed by atoms with E-state index in [2.05, 4.69) is 22.5 Å².